The van der Waals surface area contributed by atoms with E-state index >= 15 is 0 Å². The molecule has 0 fully saturated rings. The van der Waals surface area contributed by atoms with Crippen molar-refractivity contribution in [2.75, 3.05) is 0 Å². The number of hydrogen-bond donors (Lipinski definition) is 0. The summed E-state index contributed by atoms with van der Waals surface area (Å²) in [6.45, 7) is 1.41. The molecule has 0 radical (unpaired) electrons. The molecule has 104 valence electrons. The van der Waals surface area contributed by atoms with Gasteiger partial charge in [0.25, 0.3) is 0 Å². The normalized spacial score (nSPS) is 12.7. The fourth-order valence-corrected chi connectivity index (χ4v) is 1.11. The molecule has 0 aromatic heterocycles. The molecule has 0 aliphatic carbocycles. The summed E-state index contributed by atoms with van der Waals surface area (Å²) in [5.41, 5.74) is -1.11. The predicted molar refractivity (Wildman–Crippen MR) is 65.5 cm³/mol. The van der Waals surface area contributed by atoms with E-state index in [0.29, 0.717) is 6.07 Å². The van der Waals surface area contributed by atoms with E-state index in [1.807, 2.05) is 0 Å². The molecule has 0 bridgehead atoms. The lowest BCUT2D eigenvalue weighted by Crippen LogP contribution is -2.10. The average Bonchev–Trinajstić information content (AvgIpc) is 2.34. The van der Waals surface area contributed by atoms with Gasteiger partial charge in [0.1, 0.15) is 4.84 Å². The molecule has 0 N–H and O–H groups in total. The van der Waals surface area contributed by atoms with Crippen LogP contribution in [0.1, 0.15) is 22.8 Å². The van der Waals surface area contributed by atoms with E-state index in [2.05, 4.69) is 9.99 Å². The SMILES string of the molecule is CC(=NOC(=O)c1cccc(C(F)(F)F)c1)C(Cl)Cl. The van der Waals surface area contributed by atoms with Crippen molar-refractivity contribution in [3.63, 3.8) is 0 Å². The van der Waals surface area contributed by atoms with Crippen LogP contribution in [0.4, 0.5) is 13.2 Å². The highest BCUT2D eigenvalue weighted by Gasteiger charge is 2.31. The van der Waals surface area contributed by atoms with Gasteiger partial charge in [0, 0.05) is 0 Å². The topological polar surface area (TPSA) is 38.7 Å². The van der Waals surface area contributed by atoms with Gasteiger partial charge in [-0.1, -0.05) is 34.4 Å². The van der Waals surface area contributed by atoms with Gasteiger partial charge in [-0.15, -0.1) is 0 Å². The van der Waals surface area contributed by atoms with Gasteiger partial charge < -0.3 is 4.84 Å². The second-order valence-electron chi connectivity index (χ2n) is 3.49. The smallest absolute Gasteiger partial charge is 0.313 e. The summed E-state index contributed by atoms with van der Waals surface area (Å²) in [7, 11) is 0. The fourth-order valence-electron chi connectivity index (χ4n) is 1.03. The molecule has 3 nitrogen and oxygen atoms in total. The number of nitrogens with zero attached hydrogens (tertiary/aromatic N) is 1. The summed E-state index contributed by atoms with van der Waals surface area (Å²) < 4.78 is 37.3. The molecule has 1 rings (SSSR count). The van der Waals surface area contributed by atoms with Crippen LogP contribution >= 0.6 is 23.2 Å². The number of hydrogen-bond acceptors (Lipinski definition) is 3. The second-order valence-corrected chi connectivity index (χ2v) is 4.59. The zero-order valence-corrected chi connectivity index (χ0v) is 11.1. The van der Waals surface area contributed by atoms with Gasteiger partial charge in [0.15, 0.2) is 0 Å². The molecule has 8 heteroatoms. The largest absolute Gasteiger partial charge is 0.416 e. The molecule has 0 aliphatic rings. The molecule has 0 saturated carbocycles. The Morgan fingerprint density at radius 2 is 2.00 bits per heavy atom. The Balaban J connectivity index is 2.87. The Morgan fingerprint density at radius 3 is 2.53 bits per heavy atom. The van der Waals surface area contributed by atoms with Crippen LogP contribution < -0.4 is 0 Å². The van der Waals surface area contributed by atoms with Crippen LogP contribution in [0.15, 0.2) is 29.4 Å². The Labute approximate surface area is 116 Å². The molecule has 0 atom stereocenters. The quantitative estimate of drug-likeness (QED) is 0.365. The first-order valence-corrected chi connectivity index (χ1v) is 5.80. The fraction of sp³-hybridized carbons (Fsp3) is 0.273. The highest BCUT2D eigenvalue weighted by Crippen LogP contribution is 2.29. The third-order valence-corrected chi connectivity index (χ3v) is 2.65. The summed E-state index contributed by atoms with van der Waals surface area (Å²) in [6.07, 6.45) is -4.53. The third-order valence-electron chi connectivity index (χ3n) is 2.01. The Morgan fingerprint density at radius 1 is 1.37 bits per heavy atom. The molecule has 0 saturated heterocycles. The van der Waals surface area contributed by atoms with E-state index in [9.17, 15) is 18.0 Å². The van der Waals surface area contributed by atoms with Crippen LogP contribution in [0, 0.1) is 0 Å². The van der Waals surface area contributed by atoms with Gasteiger partial charge in [-0.25, -0.2) is 4.79 Å². The van der Waals surface area contributed by atoms with Crippen molar-refractivity contribution >= 4 is 34.9 Å². The highest BCUT2D eigenvalue weighted by atomic mass is 35.5. The van der Waals surface area contributed by atoms with Crippen molar-refractivity contribution in [3.8, 4) is 0 Å². The molecule has 0 heterocycles. The minimum atomic E-state index is -4.53. The number of benzene rings is 1. The third kappa shape index (κ3) is 4.72. The maximum atomic E-state index is 12.4. The zero-order valence-electron chi connectivity index (χ0n) is 9.54. The lowest BCUT2D eigenvalue weighted by molar-refractivity contribution is -0.137. The number of alkyl halides is 5. The van der Waals surface area contributed by atoms with Crippen LogP contribution in [0.2, 0.25) is 0 Å². The molecule has 19 heavy (non-hydrogen) atoms. The molecule has 1 aromatic carbocycles. The van der Waals surface area contributed by atoms with E-state index in [0.717, 1.165) is 12.1 Å². The number of rotatable bonds is 3. The molecular weight excluding hydrogens is 306 g/mol. The van der Waals surface area contributed by atoms with Crippen LogP contribution in [-0.2, 0) is 11.0 Å². The summed E-state index contributed by atoms with van der Waals surface area (Å²) in [6, 6.07) is 3.80. The van der Waals surface area contributed by atoms with Crippen molar-refractivity contribution < 1.29 is 22.8 Å². The van der Waals surface area contributed by atoms with Crippen molar-refractivity contribution in [1.82, 2.24) is 0 Å². The molecule has 0 aliphatic heterocycles. The van der Waals surface area contributed by atoms with Gasteiger partial charge in [0.05, 0.1) is 16.8 Å². The lowest BCUT2D eigenvalue weighted by Gasteiger charge is -2.07. The van der Waals surface area contributed by atoms with Crippen LogP contribution in [0.5, 0.6) is 0 Å². The van der Waals surface area contributed by atoms with Crippen molar-refractivity contribution in [1.29, 1.82) is 0 Å². The maximum absolute atomic E-state index is 12.4. The number of oxime groups is 1. The van der Waals surface area contributed by atoms with E-state index in [1.165, 1.54) is 13.0 Å². The molecule has 0 unspecified atom stereocenters. The van der Waals surface area contributed by atoms with Crippen LogP contribution in [0.25, 0.3) is 0 Å². The van der Waals surface area contributed by atoms with E-state index in [4.69, 9.17) is 23.2 Å². The first-order valence-electron chi connectivity index (χ1n) is 4.93. The Bertz CT molecular complexity index is 501. The first kappa shape index (κ1) is 15.8. The average molecular weight is 314 g/mol. The minimum Gasteiger partial charge on any atom is -0.313 e. The predicted octanol–water partition coefficient (Wildman–Crippen LogP) is 4.04. The maximum Gasteiger partial charge on any atom is 0.416 e. The van der Waals surface area contributed by atoms with Crippen molar-refractivity contribution in [2.24, 2.45) is 5.16 Å². The Hall–Kier alpha value is -1.27. The van der Waals surface area contributed by atoms with Gasteiger partial charge in [-0.05, 0) is 25.1 Å². The molecule has 1 aromatic rings. The Kier molecular flexibility index (Phi) is 5.20. The van der Waals surface area contributed by atoms with Crippen molar-refractivity contribution in [2.45, 2.75) is 17.9 Å². The monoisotopic (exact) mass is 313 g/mol. The minimum absolute atomic E-state index is 0.114. The van der Waals surface area contributed by atoms with Crippen LogP contribution in [-0.4, -0.2) is 16.5 Å². The van der Waals surface area contributed by atoms with E-state index < -0.39 is 22.5 Å². The van der Waals surface area contributed by atoms with E-state index in [1.54, 1.807) is 0 Å². The number of halogens is 5. The molecule has 0 spiro atoms. The lowest BCUT2D eigenvalue weighted by atomic mass is 10.1. The number of carbonyl (C=O) groups excluding carboxylic acids is 1. The van der Waals surface area contributed by atoms with Gasteiger partial charge in [-0.2, -0.15) is 13.2 Å². The zero-order chi connectivity index (χ0) is 14.6. The van der Waals surface area contributed by atoms with Gasteiger partial charge in [-0.3, -0.25) is 0 Å². The summed E-state index contributed by atoms with van der Waals surface area (Å²) in [5, 5.41) is 3.31. The van der Waals surface area contributed by atoms with Crippen molar-refractivity contribution in [3.05, 3.63) is 35.4 Å². The highest BCUT2D eigenvalue weighted by molar-refractivity contribution is 6.54. The summed E-state index contributed by atoms with van der Waals surface area (Å²) >= 11 is 10.9. The van der Waals surface area contributed by atoms with E-state index in [-0.39, 0.29) is 11.3 Å². The summed E-state index contributed by atoms with van der Waals surface area (Å²) in [5.74, 6) is -1.03. The molecular formula is C11H8Cl2F3NO2. The summed E-state index contributed by atoms with van der Waals surface area (Å²) in [4.78, 5) is 14.9. The van der Waals surface area contributed by atoms with Crippen LogP contribution in [0.3, 0.4) is 0 Å². The first-order chi connectivity index (χ1) is 8.71. The number of carbonyl (C=O) groups is 1. The standard InChI is InChI=1S/C11H8Cl2F3NO2/c1-6(9(12)13)17-19-10(18)7-3-2-4-8(5-7)11(14,15)16/h2-5,9H,1H3. The molecule has 0 amide bonds. The van der Waals surface area contributed by atoms with Gasteiger partial charge in [0.2, 0.25) is 0 Å². The van der Waals surface area contributed by atoms with Gasteiger partial charge >= 0.3 is 12.1 Å². The second kappa shape index (κ2) is 6.25.